The third-order valence-electron chi connectivity index (χ3n) is 3.72. The number of aromatic nitrogens is 1. The van der Waals surface area contributed by atoms with Gasteiger partial charge >= 0.3 is 0 Å². The van der Waals surface area contributed by atoms with Crippen LogP contribution >= 0.6 is 0 Å². The van der Waals surface area contributed by atoms with Crippen LogP contribution in [0.2, 0.25) is 18.1 Å². The Kier molecular flexibility index (Phi) is 2.82. The van der Waals surface area contributed by atoms with Crippen LogP contribution in [0.15, 0.2) is 30.5 Å². The molecule has 0 fully saturated rings. The molecule has 0 spiro atoms. The summed E-state index contributed by atoms with van der Waals surface area (Å²) in [5, 5.41) is 1.43. The van der Waals surface area contributed by atoms with Crippen LogP contribution in [-0.2, 0) is 0 Å². The molecule has 3 heteroatoms. The molecule has 0 atom stereocenters. The smallest absolute Gasteiger partial charge is 0.250 e. The van der Waals surface area contributed by atoms with Crippen molar-refractivity contribution in [3.8, 4) is 5.75 Å². The number of hydrogen-bond acceptors (Lipinski definition) is 1. The predicted octanol–water partition coefficient (Wildman–Crippen LogP) is 4.55. The Balaban J connectivity index is 2.39. The largest absolute Gasteiger partial charge is 0.542 e. The van der Waals surface area contributed by atoms with Gasteiger partial charge in [0.1, 0.15) is 5.75 Å². The Morgan fingerprint density at radius 1 is 1.12 bits per heavy atom. The van der Waals surface area contributed by atoms with E-state index >= 15 is 0 Å². The summed E-state index contributed by atoms with van der Waals surface area (Å²) in [4.78, 5) is 3.26. The van der Waals surface area contributed by atoms with Crippen LogP contribution in [0.5, 0.6) is 5.75 Å². The Morgan fingerprint density at radius 3 is 2.47 bits per heavy atom. The lowest BCUT2D eigenvalue weighted by Crippen LogP contribution is -2.43. The zero-order valence-corrected chi connectivity index (χ0v) is 12.3. The second-order valence-electron chi connectivity index (χ2n) is 6.06. The van der Waals surface area contributed by atoms with Crippen molar-refractivity contribution < 1.29 is 4.43 Å². The number of fused-ring (bicyclic) bond motifs is 1. The van der Waals surface area contributed by atoms with Crippen molar-refractivity contribution in [1.29, 1.82) is 0 Å². The molecule has 2 rings (SSSR count). The average molecular weight is 247 g/mol. The van der Waals surface area contributed by atoms with Gasteiger partial charge in [-0.05, 0) is 30.3 Å². The van der Waals surface area contributed by atoms with Gasteiger partial charge in [0, 0.05) is 11.6 Å². The van der Waals surface area contributed by atoms with Crippen molar-refractivity contribution in [2.24, 2.45) is 0 Å². The van der Waals surface area contributed by atoms with Gasteiger partial charge in [-0.1, -0.05) is 32.9 Å². The van der Waals surface area contributed by atoms with E-state index < -0.39 is 8.32 Å². The fourth-order valence-electron chi connectivity index (χ4n) is 1.57. The molecular weight excluding hydrogens is 226 g/mol. The van der Waals surface area contributed by atoms with Crippen molar-refractivity contribution in [3.05, 3.63) is 30.5 Å². The number of H-pyrrole nitrogens is 1. The van der Waals surface area contributed by atoms with Gasteiger partial charge in [0.05, 0.1) is 5.52 Å². The summed E-state index contributed by atoms with van der Waals surface area (Å²) in [7, 11) is -1.76. The van der Waals surface area contributed by atoms with E-state index in [-0.39, 0.29) is 5.04 Å². The second-order valence-corrected chi connectivity index (χ2v) is 10.8. The molecule has 1 heterocycles. The second kappa shape index (κ2) is 3.91. The van der Waals surface area contributed by atoms with E-state index in [9.17, 15) is 0 Å². The Bertz CT molecular complexity index is 522. The molecule has 2 aromatic rings. The molecule has 0 unspecified atom stereocenters. The molecule has 1 aromatic heterocycles. The maximum atomic E-state index is 6.35. The minimum Gasteiger partial charge on any atom is -0.542 e. The standard InChI is InChI=1S/C14H21NOSi/c1-14(2,3)17(4,5)16-12-8-6-7-11-9-10-15-13(11)12/h6-10,15H,1-5H3. The van der Waals surface area contributed by atoms with Crippen LogP contribution in [0.4, 0.5) is 0 Å². The van der Waals surface area contributed by atoms with Crippen LogP contribution in [0, 0.1) is 0 Å². The van der Waals surface area contributed by atoms with Gasteiger partial charge in [-0.15, -0.1) is 0 Å². The zero-order valence-electron chi connectivity index (χ0n) is 11.3. The molecule has 1 aromatic carbocycles. The molecule has 1 N–H and O–H groups in total. The highest BCUT2D eigenvalue weighted by Gasteiger charge is 2.39. The molecule has 0 bridgehead atoms. The fourth-order valence-corrected chi connectivity index (χ4v) is 2.60. The van der Waals surface area contributed by atoms with Crippen LogP contribution in [0.3, 0.4) is 0 Å². The maximum absolute atomic E-state index is 6.35. The highest BCUT2D eigenvalue weighted by Crippen LogP contribution is 2.38. The van der Waals surface area contributed by atoms with Crippen LogP contribution in [0.25, 0.3) is 10.9 Å². The topological polar surface area (TPSA) is 25.0 Å². The number of benzene rings is 1. The highest BCUT2D eigenvalue weighted by molar-refractivity contribution is 6.74. The van der Waals surface area contributed by atoms with Crippen molar-refractivity contribution in [2.75, 3.05) is 0 Å². The van der Waals surface area contributed by atoms with Crippen molar-refractivity contribution in [1.82, 2.24) is 4.98 Å². The van der Waals surface area contributed by atoms with E-state index in [0.29, 0.717) is 0 Å². The van der Waals surface area contributed by atoms with Gasteiger partial charge in [-0.2, -0.15) is 0 Å². The number of rotatable bonds is 2. The van der Waals surface area contributed by atoms with E-state index in [0.717, 1.165) is 11.3 Å². The van der Waals surface area contributed by atoms with E-state index in [1.165, 1.54) is 5.39 Å². The van der Waals surface area contributed by atoms with Crippen LogP contribution in [-0.4, -0.2) is 13.3 Å². The summed E-state index contributed by atoms with van der Waals surface area (Å²) in [6.07, 6.45) is 1.96. The third kappa shape index (κ3) is 2.25. The van der Waals surface area contributed by atoms with Gasteiger partial charge in [0.2, 0.25) is 0 Å². The molecule has 0 amide bonds. The quantitative estimate of drug-likeness (QED) is 0.774. The van der Waals surface area contributed by atoms with Gasteiger partial charge < -0.3 is 9.41 Å². The summed E-state index contributed by atoms with van der Waals surface area (Å²) in [6.45, 7) is 11.3. The molecule has 2 nitrogen and oxygen atoms in total. The summed E-state index contributed by atoms with van der Waals surface area (Å²) in [5.41, 5.74) is 1.11. The van der Waals surface area contributed by atoms with Crippen molar-refractivity contribution in [2.45, 2.75) is 38.9 Å². The zero-order chi connectivity index (χ0) is 12.7. The first-order chi connectivity index (χ1) is 7.81. The Labute approximate surface area is 104 Å². The summed E-state index contributed by atoms with van der Waals surface area (Å²) in [6, 6.07) is 8.29. The summed E-state index contributed by atoms with van der Waals surface area (Å²) >= 11 is 0. The highest BCUT2D eigenvalue weighted by atomic mass is 28.4. The number of nitrogens with one attached hydrogen (secondary N) is 1. The lowest BCUT2D eigenvalue weighted by atomic mass is 10.2. The maximum Gasteiger partial charge on any atom is 0.250 e. The van der Waals surface area contributed by atoms with E-state index in [2.05, 4.69) is 63.1 Å². The lowest BCUT2D eigenvalue weighted by molar-refractivity contribution is 0.496. The first-order valence-corrected chi connectivity index (χ1v) is 8.97. The summed E-state index contributed by atoms with van der Waals surface area (Å²) in [5.74, 6) is 0.985. The van der Waals surface area contributed by atoms with Crippen molar-refractivity contribution >= 4 is 19.2 Å². The number of para-hydroxylation sites is 1. The molecule has 0 aliphatic carbocycles. The van der Waals surface area contributed by atoms with Gasteiger partial charge in [0.15, 0.2) is 0 Å². The normalized spacial score (nSPS) is 13.0. The predicted molar refractivity (Wildman–Crippen MR) is 76.1 cm³/mol. The molecular formula is C14H21NOSi. The Hall–Kier alpha value is -1.22. The minimum atomic E-state index is -1.76. The van der Waals surface area contributed by atoms with Crippen LogP contribution < -0.4 is 4.43 Å². The first kappa shape index (κ1) is 12.2. The molecule has 0 aliphatic heterocycles. The molecule has 0 saturated carbocycles. The third-order valence-corrected chi connectivity index (χ3v) is 8.06. The monoisotopic (exact) mass is 247 g/mol. The van der Waals surface area contributed by atoms with Crippen molar-refractivity contribution in [3.63, 3.8) is 0 Å². The molecule has 92 valence electrons. The van der Waals surface area contributed by atoms with Gasteiger partial charge in [-0.3, -0.25) is 0 Å². The number of hydrogen-bond donors (Lipinski definition) is 1. The molecule has 0 radical (unpaired) electrons. The fraction of sp³-hybridized carbons (Fsp3) is 0.429. The average Bonchev–Trinajstić information content (AvgIpc) is 2.64. The van der Waals surface area contributed by atoms with E-state index in [1.54, 1.807) is 0 Å². The number of aromatic amines is 1. The lowest BCUT2D eigenvalue weighted by Gasteiger charge is -2.36. The van der Waals surface area contributed by atoms with E-state index in [1.807, 2.05) is 6.20 Å². The molecule has 0 saturated heterocycles. The van der Waals surface area contributed by atoms with E-state index in [4.69, 9.17) is 4.43 Å². The van der Waals surface area contributed by atoms with Crippen LogP contribution in [0.1, 0.15) is 20.8 Å². The summed E-state index contributed by atoms with van der Waals surface area (Å²) < 4.78 is 6.35. The molecule has 0 aliphatic rings. The first-order valence-electron chi connectivity index (χ1n) is 6.06. The SMILES string of the molecule is CC(C)(C)[Si](C)(C)Oc1cccc2cc[nH]c12. The minimum absolute atomic E-state index is 0.224. The van der Waals surface area contributed by atoms with Gasteiger partial charge in [-0.25, -0.2) is 0 Å². The van der Waals surface area contributed by atoms with Gasteiger partial charge in [0.25, 0.3) is 8.32 Å². The Morgan fingerprint density at radius 2 is 1.82 bits per heavy atom. The molecule has 17 heavy (non-hydrogen) atoms.